The molecule has 0 radical (unpaired) electrons. The van der Waals surface area contributed by atoms with Crippen LogP contribution < -0.4 is 4.90 Å². The first-order valence-electron chi connectivity index (χ1n) is 4.57. The molecule has 1 aromatic rings. The predicted molar refractivity (Wildman–Crippen MR) is 56.0 cm³/mol. The molecule has 0 saturated heterocycles. The zero-order valence-corrected chi connectivity index (χ0v) is 7.88. The Balaban J connectivity index is 2.35. The molecule has 1 aromatic carbocycles. The Bertz CT molecular complexity index is 360. The maximum Gasteiger partial charge on any atom is 0.0397 e. The molecule has 0 amide bonds. The standard InChI is InChI=1S/C12H13N/c1-3-4-10-5-6-12-11(9-10)7-8-13(12)2/h1,5-6,9H,4,7-8H2,2H3. The van der Waals surface area contributed by atoms with Crippen molar-refractivity contribution >= 4 is 5.69 Å². The lowest BCUT2D eigenvalue weighted by Crippen LogP contribution is -2.12. The van der Waals surface area contributed by atoms with E-state index >= 15 is 0 Å². The minimum atomic E-state index is 0.747. The number of nitrogens with zero attached hydrogens (tertiary/aromatic N) is 1. The van der Waals surface area contributed by atoms with Crippen molar-refractivity contribution in [2.75, 3.05) is 18.5 Å². The minimum absolute atomic E-state index is 0.747. The SMILES string of the molecule is C#CCc1ccc2c(c1)CCN2C. The third-order valence-electron chi connectivity index (χ3n) is 2.58. The van der Waals surface area contributed by atoms with Crippen molar-refractivity contribution in [1.82, 2.24) is 0 Å². The van der Waals surface area contributed by atoms with Crippen LogP contribution in [0, 0.1) is 12.3 Å². The molecule has 0 fully saturated rings. The summed E-state index contributed by atoms with van der Waals surface area (Å²) in [7, 11) is 2.13. The maximum atomic E-state index is 5.27. The van der Waals surface area contributed by atoms with Crippen LogP contribution in [-0.4, -0.2) is 13.6 Å². The smallest absolute Gasteiger partial charge is 0.0397 e. The van der Waals surface area contributed by atoms with Gasteiger partial charge in [-0.3, -0.25) is 0 Å². The summed E-state index contributed by atoms with van der Waals surface area (Å²) in [5, 5.41) is 0. The van der Waals surface area contributed by atoms with Gasteiger partial charge in [-0.2, -0.15) is 0 Å². The Hall–Kier alpha value is -1.42. The fourth-order valence-corrected chi connectivity index (χ4v) is 1.85. The van der Waals surface area contributed by atoms with E-state index in [0.717, 1.165) is 19.4 Å². The maximum absolute atomic E-state index is 5.27. The highest BCUT2D eigenvalue weighted by Gasteiger charge is 2.14. The second-order valence-corrected chi connectivity index (χ2v) is 3.52. The second kappa shape index (κ2) is 3.14. The lowest BCUT2D eigenvalue weighted by atomic mass is 10.1. The molecule has 1 heteroatoms. The van der Waals surface area contributed by atoms with Crippen LogP contribution in [-0.2, 0) is 12.8 Å². The van der Waals surface area contributed by atoms with Gasteiger partial charge in [0.2, 0.25) is 0 Å². The van der Waals surface area contributed by atoms with Crippen LogP contribution in [0.25, 0.3) is 0 Å². The van der Waals surface area contributed by atoms with Crippen LogP contribution in [0.1, 0.15) is 11.1 Å². The van der Waals surface area contributed by atoms with Gasteiger partial charge in [0.15, 0.2) is 0 Å². The Morgan fingerprint density at radius 1 is 1.54 bits per heavy atom. The number of likely N-dealkylation sites (N-methyl/N-ethyl adjacent to an activating group) is 1. The molecular weight excluding hydrogens is 158 g/mol. The van der Waals surface area contributed by atoms with Gasteiger partial charge >= 0.3 is 0 Å². The Kier molecular flexibility index (Phi) is 1.98. The number of hydrogen-bond donors (Lipinski definition) is 0. The van der Waals surface area contributed by atoms with Gasteiger partial charge < -0.3 is 4.90 Å². The number of rotatable bonds is 1. The quantitative estimate of drug-likeness (QED) is 0.583. The number of terminal acetylenes is 1. The average Bonchev–Trinajstić information content (AvgIpc) is 2.48. The van der Waals surface area contributed by atoms with Crippen molar-refractivity contribution in [3.63, 3.8) is 0 Å². The minimum Gasteiger partial charge on any atom is -0.374 e. The fourth-order valence-electron chi connectivity index (χ4n) is 1.85. The lowest BCUT2D eigenvalue weighted by molar-refractivity contribution is 0.956. The molecule has 0 saturated carbocycles. The molecule has 0 bridgehead atoms. The van der Waals surface area contributed by atoms with Crippen molar-refractivity contribution in [2.45, 2.75) is 12.8 Å². The van der Waals surface area contributed by atoms with Crippen molar-refractivity contribution in [1.29, 1.82) is 0 Å². The fraction of sp³-hybridized carbons (Fsp3) is 0.333. The van der Waals surface area contributed by atoms with Crippen LogP contribution in [0.2, 0.25) is 0 Å². The van der Waals surface area contributed by atoms with Crippen LogP contribution in [0.15, 0.2) is 18.2 Å². The van der Waals surface area contributed by atoms with E-state index in [1.807, 2.05) is 0 Å². The zero-order valence-electron chi connectivity index (χ0n) is 7.88. The Morgan fingerprint density at radius 3 is 3.15 bits per heavy atom. The van der Waals surface area contributed by atoms with Crippen molar-refractivity contribution < 1.29 is 0 Å². The molecule has 1 heterocycles. The normalized spacial score (nSPS) is 14.0. The van der Waals surface area contributed by atoms with Crippen molar-refractivity contribution in [2.24, 2.45) is 0 Å². The van der Waals surface area contributed by atoms with Gasteiger partial charge in [0.05, 0.1) is 0 Å². The molecule has 0 aromatic heterocycles. The summed E-state index contributed by atoms with van der Waals surface area (Å²) in [6.07, 6.45) is 7.18. The Labute approximate surface area is 79.4 Å². The molecule has 1 aliphatic heterocycles. The molecule has 0 atom stereocenters. The molecule has 0 N–H and O–H groups in total. The zero-order chi connectivity index (χ0) is 9.26. The van der Waals surface area contributed by atoms with Gasteiger partial charge in [0.25, 0.3) is 0 Å². The van der Waals surface area contributed by atoms with Crippen LogP contribution in [0.5, 0.6) is 0 Å². The van der Waals surface area contributed by atoms with E-state index in [-0.39, 0.29) is 0 Å². The number of anilines is 1. The molecule has 0 aliphatic carbocycles. The van der Waals surface area contributed by atoms with Crippen molar-refractivity contribution in [3.8, 4) is 12.3 Å². The van der Waals surface area contributed by atoms with Crippen molar-refractivity contribution in [3.05, 3.63) is 29.3 Å². The van der Waals surface area contributed by atoms with Gasteiger partial charge in [-0.05, 0) is 23.6 Å². The van der Waals surface area contributed by atoms with Gasteiger partial charge in [0.1, 0.15) is 0 Å². The third-order valence-corrected chi connectivity index (χ3v) is 2.58. The first kappa shape index (κ1) is 8.19. The molecule has 0 spiro atoms. The molecule has 66 valence electrons. The third kappa shape index (κ3) is 1.40. The topological polar surface area (TPSA) is 3.24 Å². The van der Waals surface area contributed by atoms with Gasteiger partial charge in [-0.25, -0.2) is 0 Å². The summed E-state index contributed by atoms with van der Waals surface area (Å²) in [5.74, 6) is 2.67. The first-order chi connectivity index (χ1) is 6.31. The van der Waals surface area contributed by atoms with Gasteiger partial charge in [0, 0.05) is 25.7 Å². The summed E-state index contributed by atoms with van der Waals surface area (Å²) in [5.41, 5.74) is 4.06. The first-order valence-corrected chi connectivity index (χ1v) is 4.57. The highest BCUT2D eigenvalue weighted by atomic mass is 15.1. The summed E-state index contributed by atoms with van der Waals surface area (Å²) >= 11 is 0. The highest BCUT2D eigenvalue weighted by Crippen LogP contribution is 2.27. The summed E-state index contributed by atoms with van der Waals surface area (Å²) in [6.45, 7) is 1.13. The molecule has 13 heavy (non-hydrogen) atoms. The number of benzene rings is 1. The summed E-state index contributed by atoms with van der Waals surface area (Å²) < 4.78 is 0. The second-order valence-electron chi connectivity index (χ2n) is 3.52. The predicted octanol–water partition coefficient (Wildman–Crippen LogP) is 1.85. The molecule has 0 unspecified atom stereocenters. The van der Waals surface area contributed by atoms with Crippen LogP contribution in [0.3, 0.4) is 0 Å². The van der Waals surface area contributed by atoms with Crippen LogP contribution >= 0.6 is 0 Å². The Morgan fingerprint density at radius 2 is 2.38 bits per heavy atom. The largest absolute Gasteiger partial charge is 0.374 e. The van der Waals surface area contributed by atoms with E-state index in [9.17, 15) is 0 Å². The summed E-state index contributed by atoms with van der Waals surface area (Å²) in [4.78, 5) is 2.29. The highest BCUT2D eigenvalue weighted by molar-refractivity contribution is 5.58. The summed E-state index contributed by atoms with van der Waals surface area (Å²) in [6, 6.07) is 6.54. The van der Waals surface area contributed by atoms with E-state index in [4.69, 9.17) is 6.42 Å². The van der Waals surface area contributed by atoms with E-state index in [1.165, 1.54) is 16.8 Å². The molecule has 1 aliphatic rings. The molecule has 1 nitrogen and oxygen atoms in total. The van der Waals surface area contributed by atoms with E-state index in [2.05, 4.69) is 36.1 Å². The number of hydrogen-bond acceptors (Lipinski definition) is 1. The van der Waals surface area contributed by atoms with E-state index < -0.39 is 0 Å². The number of fused-ring (bicyclic) bond motifs is 1. The van der Waals surface area contributed by atoms with Gasteiger partial charge in [-0.15, -0.1) is 12.3 Å². The monoisotopic (exact) mass is 171 g/mol. The van der Waals surface area contributed by atoms with Crippen LogP contribution in [0.4, 0.5) is 5.69 Å². The lowest BCUT2D eigenvalue weighted by Gasteiger charge is -2.11. The van der Waals surface area contributed by atoms with E-state index in [0.29, 0.717) is 0 Å². The molecular formula is C12H13N. The van der Waals surface area contributed by atoms with E-state index in [1.54, 1.807) is 0 Å². The molecule has 2 rings (SSSR count). The van der Waals surface area contributed by atoms with Gasteiger partial charge in [-0.1, -0.05) is 12.1 Å². The average molecular weight is 171 g/mol.